The first kappa shape index (κ1) is 62.6. The van der Waals surface area contributed by atoms with Crippen molar-refractivity contribution in [3.63, 3.8) is 0 Å². The average molecular weight is 1110 g/mol. The number of aliphatic hydroxyl groups excluding tert-OH is 4. The summed E-state index contributed by atoms with van der Waals surface area (Å²) in [5, 5.41) is 61.6. The largest absolute Gasteiger partial charge is 0.508 e. The lowest BCUT2D eigenvalue weighted by molar-refractivity contribution is -0.253. The van der Waals surface area contributed by atoms with Gasteiger partial charge in [-0.05, 0) is 68.9 Å². The highest BCUT2D eigenvalue weighted by Gasteiger charge is 2.51. The number of nitrogens with zero attached hydrogens (tertiary/aromatic N) is 2. The van der Waals surface area contributed by atoms with E-state index in [1.54, 1.807) is 32.0 Å². The zero-order valence-corrected chi connectivity index (χ0v) is 44.3. The zero-order chi connectivity index (χ0) is 57.1. The van der Waals surface area contributed by atoms with Crippen LogP contribution < -0.4 is 10.9 Å². The summed E-state index contributed by atoms with van der Waals surface area (Å²) in [5.74, 6) is -4.97. The fraction of sp³-hybridized carbons (Fsp3) is 0.615. The van der Waals surface area contributed by atoms with Crippen LogP contribution in [0.25, 0.3) is 22.3 Å². The van der Waals surface area contributed by atoms with Crippen LogP contribution in [-0.2, 0) is 101 Å². The Morgan fingerprint density at radius 3 is 2.01 bits per heavy atom. The smallest absolute Gasteiger partial charge is 0.355 e. The molecule has 0 aliphatic carbocycles. The van der Waals surface area contributed by atoms with E-state index < -0.39 is 130 Å². The van der Waals surface area contributed by atoms with Crippen molar-refractivity contribution >= 4 is 46.7 Å². The van der Waals surface area contributed by atoms with Gasteiger partial charge in [0.2, 0.25) is 11.5 Å². The van der Waals surface area contributed by atoms with Crippen molar-refractivity contribution in [1.29, 1.82) is 0 Å². The quantitative estimate of drug-likeness (QED) is 0.0193. The Balaban J connectivity index is 1.10. The molecule has 0 spiro atoms. The van der Waals surface area contributed by atoms with Crippen LogP contribution in [0.3, 0.4) is 0 Å². The number of fused-ring (bicyclic) bond motifs is 5. The average Bonchev–Trinajstić information content (AvgIpc) is 3.88. The number of phenols is 1. The highest BCUT2D eigenvalue weighted by atomic mass is 16.7. The Kier molecular flexibility index (Phi) is 24.3. The molecule has 0 radical (unpaired) electrons. The molecule has 5 rings (SSSR count). The first-order valence-electron chi connectivity index (χ1n) is 25.7. The van der Waals surface area contributed by atoms with Gasteiger partial charge in [0.1, 0.15) is 43.8 Å². The lowest BCUT2D eigenvalue weighted by atomic mass is 9.85. The molecule has 8 atom stereocenters. The van der Waals surface area contributed by atoms with Crippen LogP contribution >= 0.6 is 0 Å². The molecule has 2 aliphatic rings. The normalized spacial score (nSPS) is 17.3. The third kappa shape index (κ3) is 16.4. The van der Waals surface area contributed by atoms with E-state index in [-0.39, 0.29) is 94.6 Å². The number of carbonyl (C=O) groups excluding carboxylic acids is 5. The molecule has 0 saturated heterocycles. The van der Waals surface area contributed by atoms with E-state index in [0.29, 0.717) is 23.3 Å². The minimum atomic E-state index is -2.03. The van der Waals surface area contributed by atoms with Gasteiger partial charge in [-0.25, -0.2) is 14.6 Å². The number of methoxy groups -OCH3 is 1. The van der Waals surface area contributed by atoms with E-state index in [9.17, 15) is 59.1 Å². The fourth-order valence-electron chi connectivity index (χ4n) is 8.64. The number of carboxylic acid groups (broad SMARTS) is 1. The molecule has 3 aromatic rings. The summed E-state index contributed by atoms with van der Waals surface area (Å²) in [6.07, 6.45) is -6.98. The molecule has 26 nitrogen and oxygen atoms in total. The number of aromatic hydroxyl groups is 1. The van der Waals surface area contributed by atoms with Crippen molar-refractivity contribution in [1.82, 2.24) is 14.9 Å². The fourth-order valence-corrected chi connectivity index (χ4v) is 8.64. The van der Waals surface area contributed by atoms with E-state index in [4.69, 9.17) is 57.5 Å². The predicted molar refractivity (Wildman–Crippen MR) is 268 cm³/mol. The Labute approximate surface area is 448 Å². The van der Waals surface area contributed by atoms with Crippen LogP contribution in [0.5, 0.6) is 5.75 Å². The maximum absolute atomic E-state index is 14.1. The number of hydrogen-bond acceptors (Lipinski definition) is 23. The number of ether oxygens (including phenoxy) is 10. The van der Waals surface area contributed by atoms with Crippen molar-refractivity contribution in [2.75, 3.05) is 60.0 Å². The van der Waals surface area contributed by atoms with E-state index in [1.807, 2.05) is 6.92 Å². The first-order chi connectivity index (χ1) is 37.4. The molecule has 78 heavy (non-hydrogen) atoms. The van der Waals surface area contributed by atoms with Gasteiger partial charge in [-0.3, -0.25) is 24.0 Å². The zero-order valence-electron chi connectivity index (χ0n) is 44.3. The molecule has 2 aromatic heterocycles. The van der Waals surface area contributed by atoms with E-state index in [2.05, 4.69) is 5.32 Å². The first-order valence-corrected chi connectivity index (χ1v) is 25.7. The van der Waals surface area contributed by atoms with Gasteiger partial charge in [0.25, 0.3) is 5.56 Å². The summed E-state index contributed by atoms with van der Waals surface area (Å²) in [5.41, 5.74) is 1.03. The van der Waals surface area contributed by atoms with Crippen LogP contribution in [0.2, 0.25) is 0 Å². The highest BCUT2D eigenvalue weighted by molar-refractivity contribution is 5.92. The summed E-state index contributed by atoms with van der Waals surface area (Å²) in [6, 6.07) is 5.18. The number of hydrogen-bond donors (Lipinski definition) is 7. The minimum Gasteiger partial charge on any atom is -0.508 e. The maximum atomic E-state index is 14.1. The van der Waals surface area contributed by atoms with Gasteiger partial charge < -0.3 is 87.9 Å². The van der Waals surface area contributed by atoms with E-state index >= 15 is 0 Å². The van der Waals surface area contributed by atoms with Crippen LogP contribution in [0.4, 0.5) is 0 Å². The number of phenolic OH excluding ortho intramolecular Hbond substituents is 1. The lowest BCUT2D eigenvalue weighted by Gasteiger charge is -2.36. The number of benzene rings is 1. The molecule has 4 heterocycles. The summed E-state index contributed by atoms with van der Waals surface area (Å²) in [7, 11) is 1.27. The number of aliphatic carboxylic acids is 1. The number of esters is 4. The number of carboxylic acids is 1. The second-order valence-electron chi connectivity index (χ2n) is 18.3. The predicted octanol–water partition coefficient (Wildman–Crippen LogP) is 1.11. The van der Waals surface area contributed by atoms with Crippen molar-refractivity contribution in [2.24, 2.45) is 0 Å². The van der Waals surface area contributed by atoms with Gasteiger partial charge in [0.05, 0.1) is 74.8 Å². The van der Waals surface area contributed by atoms with Crippen molar-refractivity contribution < 1.29 is 107 Å². The lowest BCUT2D eigenvalue weighted by Crippen LogP contribution is -2.50. The monoisotopic (exact) mass is 1110 g/mol. The summed E-state index contributed by atoms with van der Waals surface area (Å²) < 4.78 is 56.6. The number of aromatic nitrogens is 2. The maximum Gasteiger partial charge on any atom is 0.355 e. The van der Waals surface area contributed by atoms with Gasteiger partial charge in [-0.15, -0.1) is 0 Å². The molecular formula is C52H71N3O23. The van der Waals surface area contributed by atoms with Crippen molar-refractivity contribution in [3.8, 4) is 17.1 Å². The highest BCUT2D eigenvalue weighted by Crippen LogP contribution is 2.42. The number of pyridine rings is 2. The second kappa shape index (κ2) is 30.2. The van der Waals surface area contributed by atoms with Gasteiger partial charge in [0.15, 0.2) is 18.9 Å². The molecule has 26 heteroatoms. The number of nitrogens with one attached hydrogen (secondary N) is 1. The molecule has 7 N–H and O–H groups in total. The number of rotatable bonds is 35. The van der Waals surface area contributed by atoms with Gasteiger partial charge in [-0.1, -0.05) is 20.8 Å². The van der Waals surface area contributed by atoms with Gasteiger partial charge in [0, 0.05) is 49.3 Å². The molecule has 0 bridgehead atoms. The minimum absolute atomic E-state index is 0.00676. The molecule has 2 aliphatic heterocycles. The molecule has 7 unspecified atom stereocenters. The number of aliphatic hydroxyl groups is 4. The Morgan fingerprint density at radius 2 is 1.41 bits per heavy atom. The van der Waals surface area contributed by atoms with Crippen LogP contribution in [0.1, 0.15) is 101 Å². The van der Waals surface area contributed by atoms with Crippen LogP contribution in [0.15, 0.2) is 29.1 Å². The van der Waals surface area contributed by atoms with Crippen molar-refractivity contribution in [3.05, 3.63) is 56.9 Å². The molecule has 1 amide bonds. The standard InChI is InChI=1S/C52H71N3O23/c1-6-31(75-46(23-59)72-25-33(21-57)77-47(28-71-44(65)14-10-12-42(62)63)73-26-32(20-56)76-45(22-58)69-5)24-70-43(64)13-9-11-41(61)53-29(4)50(67)78-52(8-3)38-18-40-48-36(19-55(40)49(66)37(38)27-74-51(52)68)34(7-2)35-17-30(60)15-16-39(35)54-48/h15-18,29,31-33,45-47,56-60H,6-14,19-28H2,1-5H3,(H,53,61)(H,62,63)/t29?,31?,32?,33?,45?,46?,47?,52-/m0/s1. The molecule has 1 aromatic carbocycles. The Morgan fingerprint density at radius 1 is 0.782 bits per heavy atom. The number of carbonyl (C=O) groups is 6. The molecule has 0 fully saturated rings. The van der Waals surface area contributed by atoms with Crippen molar-refractivity contribution in [2.45, 2.75) is 147 Å². The number of aryl methyl sites for hydroxylation is 1. The van der Waals surface area contributed by atoms with E-state index in [0.717, 1.165) is 16.5 Å². The van der Waals surface area contributed by atoms with Crippen LogP contribution in [-0.4, -0.2) is 179 Å². The van der Waals surface area contributed by atoms with Crippen LogP contribution in [0, 0.1) is 0 Å². The van der Waals surface area contributed by atoms with Gasteiger partial charge >= 0.3 is 29.8 Å². The van der Waals surface area contributed by atoms with Gasteiger partial charge in [-0.2, -0.15) is 0 Å². The number of cyclic esters (lactones) is 1. The third-order valence-electron chi connectivity index (χ3n) is 12.9. The summed E-state index contributed by atoms with van der Waals surface area (Å²) in [4.78, 5) is 95.1. The third-order valence-corrected chi connectivity index (χ3v) is 12.9. The molecular weight excluding hydrogens is 1030 g/mol. The second-order valence-corrected chi connectivity index (χ2v) is 18.3. The summed E-state index contributed by atoms with van der Waals surface area (Å²) in [6.45, 7) is 2.39. The topological polar surface area (TPSA) is 363 Å². The SMILES string of the molecule is CCc1c2c(nc3ccc(O)cc13)-c1cc3c(c(=O)n1C2)COC(=O)[C@@]3(CC)OC(=O)C(C)NC(=O)CCCC(=O)OCC(CC)OC(CO)OCC(CO)OC(COC(=O)CCCC(=O)O)OCC(CO)OC(CO)OC. The Hall–Kier alpha value is -6.20. The number of amides is 1. The molecule has 432 valence electrons. The molecule has 0 saturated carbocycles. The van der Waals surface area contributed by atoms with E-state index in [1.165, 1.54) is 24.7 Å². The summed E-state index contributed by atoms with van der Waals surface area (Å²) >= 11 is 0. The Bertz CT molecular complexity index is 2600.